The van der Waals surface area contributed by atoms with E-state index in [4.69, 9.17) is 14.2 Å². The normalized spacial score (nSPS) is 10.5. The Labute approximate surface area is 154 Å². The summed E-state index contributed by atoms with van der Waals surface area (Å²) in [6, 6.07) is 7.65. The molecule has 0 saturated heterocycles. The Balaban J connectivity index is 1.89. The van der Waals surface area contributed by atoms with Crippen LogP contribution in [0, 0.1) is 11.6 Å². The van der Waals surface area contributed by atoms with Crippen LogP contribution in [0.25, 0.3) is 6.08 Å². The van der Waals surface area contributed by atoms with Gasteiger partial charge in [-0.05, 0) is 35.9 Å². The van der Waals surface area contributed by atoms with E-state index in [1.807, 2.05) is 0 Å². The van der Waals surface area contributed by atoms with Crippen molar-refractivity contribution in [2.24, 2.45) is 0 Å². The van der Waals surface area contributed by atoms with E-state index in [1.165, 1.54) is 20.3 Å². The minimum Gasteiger partial charge on any atom is -0.493 e. The first-order chi connectivity index (χ1) is 12.9. The van der Waals surface area contributed by atoms with Crippen molar-refractivity contribution in [2.45, 2.75) is 0 Å². The largest absolute Gasteiger partial charge is 0.493 e. The molecule has 0 atom stereocenters. The van der Waals surface area contributed by atoms with Crippen LogP contribution in [0.1, 0.15) is 5.56 Å². The number of halogens is 2. The summed E-state index contributed by atoms with van der Waals surface area (Å²) in [6.45, 7) is -0.648. The zero-order valence-corrected chi connectivity index (χ0v) is 14.6. The summed E-state index contributed by atoms with van der Waals surface area (Å²) >= 11 is 0. The van der Waals surface area contributed by atoms with E-state index < -0.39 is 30.1 Å². The second-order valence-electron chi connectivity index (χ2n) is 5.23. The molecule has 2 rings (SSSR count). The maximum absolute atomic E-state index is 13.4. The highest BCUT2D eigenvalue weighted by molar-refractivity contribution is 5.94. The van der Waals surface area contributed by atoms with Crippen molar-refractivity contribution in [1.82, 2.24) is 0 Å². The van der Waals surface area contributed by atoms with E-state index >= 15 is 0 Å². The highest BCUT2D eigenvalue weighted by Gasteiger charge is 2.10. The molecule has 2 aromatic rings. The number of hydrogen-bond donors (Lipinski definition) is 1. The fraction of sp³-hybridized carbons (Fsp3) is 0.158. The first-order valence-corrected chi connectivity index (χ1v) is 7.74. The molecule has 0 heterocycles. The third-order valence-electron chi connectivity index (χ3n) is 3.37. The van der Waals surface area contributed by atoms with Gasteiger partial charge in [0, 0.05) is 12.1 Å². The molecule has 0 saturated carbocycles. The summed E-state index contributed by atoms with van der Waals surface area (Å²) in [5.74, 6) is -2.05. The van der Waals surface area contributed by atoms with E-state index in [0.717, 1.165) is 24.3 Å². The molecule has 0 fully saturated rings. The lowest BCUT2D eigenvalue weighted by Gasteiger charge is -2.08. The van der Waals surface area contributed by atoms with Gasteiger partial charge in [-0.1, -0.05) is 6.07 Å². The number of carbonyl (C=O) groups is 2. The lowest BCUT2D eigenvalue weighted by molar-refractivity contribution is -0.142. The number of carbonyl (C=O) groups excluding carboxylic acids is 2. The Morgan fingerprint density at radius 1 is 1.04 bits per heavy atom. The average molecular weight is 377 g/mol. The predicted octanol–water partition coefficient (Wildman–Crippen LogP) is 3.18. The highest BCUT2D eigenvalue weighted by Crippen LogP contribution is 2.27. The molecule has 27 heavy (non-hydrogen) atoms. The Kier molecular flexibility index (Phi) is 6.87. The van der Waals surface area contributed by atoms with Crippen LogP contribution in [0.3, 0.4) is 0 Å². The van der Waals surface area contributed by atoms with Crippen LogP contribution in [-0.4, -0.2) is 32.7 Å². The third kappa shape index (κ3) is 5.81. The number of rotatable bonds is 7. The number of ether oxygens (including phenoxy) is 3. The van der Waals surface area contributed by atoms with Gasteiger partial charge in [-0.25, -0.2) is 13.6 Å². The van der Waals surface area contributed by atoms with Crippen LogP contribution in [0.2, 0.25) is 0 Å². The molecule has 8 heteroatoms. The SMILES string of the molecule is COc1ccc(/C=C/C(=O)OCC(=O)Nc2cc(F)ccc2F)cc1OC. The van der Waals surface area contributed by atoms with Crippen LogP contribution in [0.4, 0.5) is 14.5 Å². The molecule has 0 aliphatic heterocycles. The van der Waals surface area contributed by atoms with E-state index in [-0.39, 0.29) is 5.69 Å². The number of benzene rings is 2. The van der Waals surface area contributed by atoms with Crippen molar-refractivity contribution in [3.63, 3.8) is 0 Å². The van der Waals surface area contributed by atoms with E-state index in [0.29, 0.717) is 17.1 Å². The molecule has 0 aliphatic rings. The zero-order valence-electron chi connectivity index (χ0n) is 14.6. The van der Waals surface area contributed by atoms with Gasteiger partial charge < -0.3 is 19.5 Å². The predicted molar refractivity (Wildman–Crippen MR) is 94.5 cm³/mol. The van der Waals surface area contributed by atoms with Gasteiger partial charge >= 0.3 is 5.97 Å². The van der Waals surface area contributed by atoms with E-state index in [2.05, 4.69) is 5.32 Å². The quantitative estimate of drug-likeness (QED) is 0.593. The van der Waals surface area contributed by atoms with Crippen LogP contribution < -0.4 is 14.8 Å². The molecule has 1 amide bonds. The van der Waals surface area contributed by atoms with Crippen LogP contribution in [-0.2, 0) is 14.3 Å². The number of hydrogen-bond acceptors (Lipinski definition) is 5. The first kappa shape index (κ1) is 19.9. The highest BCUT2D eigenvalue weighted by atomic mass is 19.1. The summed E-state index contributed by atoms with van der Waals surface area (Å²) in [4.78, 5) is 23.4. The summed E-state index contributed by atoms with van der Waals surface area (Å²) in [6.07, 6.45) is 2.59. The Morgan fingerprint density at radius 2 is 1.78 bits per heavy atom. The number of nitrogens with one attached hydrogen (secondary N) is 1. The Morgan fingerprint density at radius 3 is 2.48 bits per heavy atom. The van der Waals surface area contributed by atoms with Crippen molar-refractivity contribution in [3.8, 4) is 11.5 Å². The molecular formula is C19H17F2NO5. The van der Waals surface area contributed by atoms with Crippen molar-refractivity contribution < 1.29 is 32.6 Å². The number of methoxy groups -OCH3 is 2. The topological polar surface area (TPSA) is 73.9 Å². The van der Waals surface area contributed by atoms with Gasteiger partial charge in [0.15, 0.2) is 18.1 Å². The molecular weight excluding hydrogens is 360 g/mol. The number of anilines is 1. The zero-order chi connectivity index (χ0) is 19.8. The first-order valence-electron chi connectivity index (χ1n) is 7.74. The fourth-order valence-electron chi connectivity index (χ4n) is 2.09. The van der Waals surface area contributed by atoms with E-state index in [1.54, 1.807) is 18.2 Å². The van der Waals surface area contributed by atoms with Gasteiger partial charge in [0.1, 0.15) is 11.6 Å². The molecule has 0 spiro atoms. The summed E-state index contributed by atoms with van der Waals surface area (Å²) in [7, 11) is 2.99. The van der Waals surface area contributed by atoms with Crippen LogP contribution >= 0.6 is 0 Å². The van der Waals surface area contributed by atoms with Gasteiger partial charge in [-0.3, -0.25) is 4.79 Å². The lowest BCUT2D eigenvalue weighted by Crippen LogP contribution is -2.20. The lowest BCUT2D eigenvalue weighted by atomic mass is 10.2. The average Bonchev–Trinajstić information content (AvgIpc) is 2.67. The molecule has 0 aliphatic carbocycles. The van der Waals surface area contributed by atoms with Crippen LogP contribution in [0.5, 0.6) is 11.5 Å². The maximum Gasteiger partial charge on any atom is 0.331 e. The molecule has 6 nitrogen and oxygen atoms in total. The van der Waals surface area contributed by atoms with Crippen LogP contribution in [0.15, 0.2) is 42.5 Å². The second kappa shape index (κ2) is 9.33. The van der Waals surface area contributed by atoms with Gasteiger partial charge in [-0.2, -0.15) is 0 Å². The summed E-state index contributed by atoms with van der Waals surface area (Å²) in [5, 5.41) is 2.12. The molecule has 0 bridgehead atoms. The number of amides is 1. The molecule has 0 aromatic heterocycles. The van der Waals surface area contributed by atoms with E-state index in [9.17, 15) is 18.4 Å². The fourth-order valence-corrected chi connectivity index (χ4v) is 2.09. The molecule has 142 valence electrons. The van der Waals surface area contributed by atoms with Gasteiger partial charge in [0.25, 0.3) is 5.91 Å². The van der Waals surface area contributed by atoms with Crippen molar-refractivity contribution in [3.05, 3.63) is 59.7 Å². The summed E-state index contributed by atoms with van der Waals surface area (Å²) < 4.78 is 41.5. The third-order valence-corrected chi connectivity index (χ3v) is 3.37. The van der Waals surface area contributed by atoms with Gasteiger partial charge in [-0.15, -0.1) is 0 Å². The molecule has 1 N–H and O–H groups in total. The molecule has 0 radical (unpaired) electrons. The van der Waals surface area contributed by atoms with Gasteiger partial charge in [0.2, 0.25) is 0 Å². The van der Waals surface area contributed by atoms with Crippen molar-refractivity contribution in [1.29, 1.82) is 0 Å². The minimum atomic E-state index is -0.801. The Hall–Kier alpha value is -3.42. The molecule has 0 unspecified atom stereocenters. The Bertz CT molecular complexity index is 867. The minimum absolute atomic E-state index is 0.336. The summed E-state index contributed by atoms with van der Waals surface area (Å²) in [5.41, 5.74) is 0.313. The molecule has 2 aromatic carbocycles. The van der Waals surface area contributed by atoms with Crippen molar-refractivity contribution in [2.75, 3.05) is 26.1 Å². The monoisotopic (exact) mass is 377 g/mol. The maximum atomic E-state index is 13.4. The smallest absolute Gasteiger partial charge is 0.331 e. The van der Waals surface area contributed by atoms with Gasteiger partial charge in [0.05, 0.1) is 19.9 Å². The number of esters is 1. The van der Waals surface area contributed by atoms with Crippen molar-refractivity contribution >= 4 is 23.6 Å². The second-order valence-corrected chi connectivity index (χ2v) is 5.23. The standard InChI is InChI=1S/C19H17F2NO5/c1-25-16-7-3-12(9-17(16)26-2)4-8-19(24)27-11-18(23)22-15-10-13(20)5-6-14(15)21/h3-10H,11H2,1-2H3,(H,22,23)/b8-4+.